The molecular formula is C27H27NO2. The van der Waals surface area contributed by atoms with Gasteiger partial charge < -0.3 is 4.90 Å². The van der Waals surface area contributed by atoms with Crippen molar-refractivity contribution in [2.24, 2.45) is 5.92 Å². The van der Waals surface area contributed by atoms with Gasteiger partial charge in [-0.2, -0.15) is 0 Å². The maximum Gasteiger partial charge on any atom is 0.230 e. The molecule has 3 nitrogen and oxygen atoms in total. The van der Waals surface area contributed by atoms with E-state index in [-0.39, 0.29) is 23.5 Å². The largest absolute Gasteiger partial charge is 0.312 e. The zero-order chi connectivity index (χ0) is 20.8. The van der Waals surface area contributed by atoms with Crippen LogP contribution in [0.4, 0.5) is 5.69 Å². The van der Waals surface area contributed by atoms with E-state index in [2.05, 4.69) is 0 Å². The van der Waals surface area contributed by atoms with Gasteiger partial charge in [0.2, 0.25) is 5.91 Å². The molecule has 30 heavy (non-hydrogen) atoms. The van der Waals surface area contributed by atoms with Crippen molar-refractivity contribution in [1.82, 2.24) is 0 Å². The zero-order valence-corrected chi connectivity index (χ0v) is 17.1. The number of para-hydroxylation sites is 1. The maximum absolute atomic E-state index is 13.7. The van der Waals surface area contributed by atoms with Crippen molar-refractivity contribution in [2.75, 3.05) is 11.4 Å². The third-order valence-corrected chi connectivity index (χ3v) is 6.01. The van der Waals surface area contributed by atoms with E-state index in [0.717, 1.165) is 37.1 Å². The Balaban J connectivity index is 1.66. The van der Waals surface area contributed by atoms with Gasteiger partial charge in [-0.3, -0.25) is 9.59 Å². The average Bonchev–Trinajstić information content (AvgIpc) is 3.00. The standard InChI is InChI=1S/C27H27NO2/c29-26(22-14-6-2-7-15-22)20-25(21-12-4-1-5-13-21)24-18-10-11-19-28(27(24)30)23-16-8-3-9-17-23/h1-9,12-17,24-25H,10-11,18-20H2/t24-,25-/m0/s1. The summed E-state index contributed by atoms with van der Waals surface area (Å²) in [6.07, 6.45) is 3.12. The van der Waals surface area contributed by atoms with E-state index in [9.17, 15) is 9.59 Å². The molecule has 0 radical (unpaired) electrons. The van der Waals surface area contributed by atoms with Crippen LogP contribution in [0.3, 0.4) is 0 Å². The van der Waals surface area contributed by atoms with Crippen LogP contribution in [-0.4, -0.2) is 18.2 Å². The highest BCUT2D eigenvalue weighted by Gasteiger charge is 2.35. The number of benzene rings is 3. The van der Waals surface area contributed by atoms with Gasteiger partial charge in [-0.25, -0.2) is 0 Å². The molecule has 1 heterocycles. The van der Waals surface area contributed by atoms with Crippen LogP contribution in [0.1, 0.15) is 47.5 Å². The van der Waals surface area contributed by atoms with Crippen molar-refractivity contribution in [3.05, 3.63) is 102 Å². The molecule has 4 rings (SSSR count). The Morgan fingerprint density at radius 3 is 2.10 bits per heavy atom. The molecule has 1 amide bonds. The molecule has 0 saturated carbocycles. The van der Waals surface area contributed by atoms with Crippen LogP contribution in [0.25, 0.3) is 0 Å². The van der Waals surface area contributed by atoms with E-state index >= 15 is 0 Å². The summed E-state index contributed by atoms with van der Waals surface area (Å²) in [6, 6.07) is 29.4. The topological polar surface area (TPSA) is 37.4 Å². The molecule has 0 N–H and O–H groups in total. The Bertz CT molecular complexity index is 970. The monoisotopic (exact) mass is 397 g/mol. The molecule has 0 aliphatic carbocycles. The van der Waals surface area contributed by atoms with Crippen LogP contribution in [0.15, 0.2) is 91.0 Å². The number of hydrogen-bond donors (Lipinski definition) is 0. The molecular weight excluding hydrogens is 370 g/mol. The Hall–Kier alpha value is -3.20. The minimum Gasteiger partial charge on any atom is -0.312 e. The SMILES string of the molecule is O=C(C[C@@H](c1ccccc1)[C@@H]1CCCCN(c2ccccc2)C1=O)c1ccccc1. The molecule has 1 fully saturated rings. The number of Topliss-reactive ketones (excluding diaryl/α,β-unsaturated/α-hetero) is 1. The Morgan fingerprint density at radius 1 is 0.833 bits per heavy atom. The van der Waals surface area contributed by atoms with Gasteiger partial charge in [-0.15, -0.1) is 0 Å². The van der Waals surface area contributed by atoms with Gasteiger partial charge in [0.1, 0.15) is 0 Å². The van der Waals surface area contributed by atoms with E-state index in [1.807, 2.05) is 95.9 Å². The van der Waals surface area contributed by atoms with Crippen LogP contribution in [0.2, 0.25) is 0 Å². The van der Waals surface area contributed by atoms with Crippen molar-refractivity contribution in [3.8, 4) is 0 Å². The van der Waals surface area contributed by atoms with Gasteiger partial charge in [0.15, 0.2) is 5.78 Å². The third-order valence-electron chi connectivity index (χ3n) is 6.01. The van der Waals surface area contributed by atoms with Crippen LogP contribution in [0.5, 0.6) is 0 Å². The lowest BCUT2D eigenvalue weighted by molar-refractivity contribution is -0.122. The number of anilines is 1. The quantitative estimate of drug-likeness (QED) is 0.487. The molecule has 152 valence electrons. The second-order valence-corrected chi connectivity index (χ2v) is 7.94. The van der Waals surface area contributed by atoms with Gasteiger partial charge in [-0.1, -0.05) is 85.3 Å². The number of hydrogen-bond acceptors (Lipinski definition) is 2. The van der Waals surface area contributed by atoms with Crippen LogP contribution in [0, 0.1) is 5.92 Å². The lowest BCUT2D eigenvalue weighted by atomic mass is 9.78. The highest BCUT2D eigenvalue weighted by Crippen LogP contribution is 2.37. The van der Waals surface area contributed by atoms with Gasteiger partial charge >= 0.3 is 0 Å². The molecule has 3 aromatic carbocycles. The second-order valence-electron chi connectivity index (χ2n) is 7.94. The number of carbonyl (C=O) groups excluding carboxylic acids is 2. The lowest BCUT2D eigenvalue weighted by Gasteiger charge is -2.30. The van der Waals surface area contributed by atoms with E-state index in [0.29, 0.717) is 12.0 Å². The van der Waals surface area contributed by atoms with Crippen LogP contribution in [-0.2, 0) is 4.79 Å². The van der Waals surface area contributed by atoms with E-state index < -0.39 is 0 Å². The van der Waals surface area contributed by atoms with Crippen molar-refractivity contribution in [1.29, 1.82) is 0 Å². The number of amides is 1. The first kappa shape index (κ1) is 20.1. The Kier molecular flexibility index (Phi) is 6.38. The van der Waals surface area contributed by atoms with Gasteiger partial charge in [0.05, 0.1) is 0 Å². The molecule has 1 aliphatic rings. The first-order valence-corrected chi connectivity index (χ1v) is 10.7. The lowest BCUT2D eigenvalue weighted by Crippen LogP contribution is -2.38. The predicted octanol–water partition coefficient (Wildman–Crippen LogP) is 5.88. The first-order chi connectivity index (χ1) is 14.7. The first-order valence-electron chi connectivity index (χ1n) is 10.7. The Labute approximate surface area is 178 Å². The van der Waals surface area contributed by atoms with Gasteiger partial charge in [0, 0.05) is 36.1 Å². The summed E-state index contributed by atoms with van der Waals surface area (Å²) in [7, 11) is 0. The van der Waals surface area contributed by atoms with E-state index in [1.165, 1.54) is 0 Å². The highest BCUT2D eigenvalue weighted by atomic mass is 16.2. The van der Waals surface area contributed by atoms with Crippen molar-refractivity contribution in [2.45, 2.75) is 31.6 Å². The summed E-state index contributed by atoms with van der Waals surface area (Å²) >= 11 is 0. The summed E-state index contributed by atoms with van der Waals surface area (Å²) in [5.74, 6) is -0.111. The average molecular weight is 398 g/mol. The van der Waals surface area contributed by atoms with Crippen molar-refractivity contribution >= 4 is 17.4 Å². The van der Waals surface area contributed by atoms with Crippen molar-refractivity contribution in [3.63, 3.8) is 0 Å². The van der Waals surface area contributed by atoms with Crippen LogP contribution >= 0.6 is 0 Å². The fraction of sp³-hybridized carbons (Fsp3) is 0.259. The maximum atomic E-state index is 13.7. The van der Waals surface area contributed by atoms with Gasteiger partial charge in [-0.05, 0) is 30.5 Å². The molecule has 1 saturated heterocycles. The number of rotatable bonds is 6. The highest BCUT2D eigenvalue weighted by molar-refractivity contribution is 5.99. The molecule has 1 aliphatic heterocycles. The zero-order valence-electron chi connectivity index (χ0n) is 17.1. The minimum absolute atomic E-state index is 0.0905. The second kappa shape index (κ2) is 9.53. The molecule has 0 spiro atoms. The smallest absolute Gasteiger partial charge is 0.230 e. The predicted molar refractivity (Wildman–Crippen MR) is 121 cm³/mol. The van der Waals surface area contributed by atoms with Crippen molar-refractivity contribution < 1.29 is 9.59 Å². The number of carbonyl (C=O) groups is 2. The summed E-state index contributed by atoms with van der Waals surface area (Å²) in [6.45, 7) is 0.730. The minimum atomic E-state index is -0.206. The van der Waals surface area contributed by atoms with E-state index in [1.54, 1.807) is 0 Å². The molecule has 2 atom stereocenters. The fourth-order valence-electron chi connectivity index (χ4n) is 4.44. The molecule has 0 bridgehead atoms. The molecule has 3 aromatic rings. The normalized spacial score (nSPS) is 17.9. The molecule has 0 unspecified atom stereocenters. The fourth-order valence-corrected chi connectivity index (χ4v) is 4.44. The number of ketones is 1. The molecule has 3 heteroatoms. The third kappa shape index (κ3) is 4.51. The summed E-state index contributed by atoms with van der Waals surface area (Å²) < 4.78 is 0. The summed E-state index contributed by atoms with van der Waals surface area (Å²) in [5, 5.41) is 0. The Morgan fingerprint density at radius 2 is 1.43 bits per heavy atom. The van der Waals surface area contributed by atoms with Crippen LogP contribution < -0.4 is 4.90 Å². The van der Waals surface area contributed by atoms with Gasteiger partial charge in [0.25, 0.3) is 0 Å². The van der Waals surface area contributed by atoms with E-state index in [4.69, 9.17) is 0 Å². The molecule has 0 aromatic heterocycles. The summed E-state index contributed by atoms with van der Waals surface area (Å²) in [5.41, 5.74) is 2.71. The number of nitrogens with zero attached hydrogens (tertiary/aromatic N) is 1. The summed E-state index contributed by atoms with van der Waals surface area (Å²) in [4.78, 5) is 28.7.